The third-order valence-corrected chi connectivity index (χ3v) is 5.57. The summed E-state index contributed by atoms with van der Waals surface area (Å²) in [5.41, 5.74) is 3.20. The summed E-state index contributed by atoms with van der Waals surface area (Å²) >= 11 is 0. The molecule has 1 heterocycles. The molecule has 0 aromatic heterocycles. The molecule has 3 atom stereocenters. The van der Waals surface area contributed by atoms with Gasteiger partial charge in [-0.05, 0) is 42.5 Å². The van der Waals surface area contributed by atoms with Crippen molar-refractivity contribution in [2.45, 2.75) is 38.1 Å². The molecule has 27 heavy (non-hydrogen) atoms. The molecule has 1 aliphatic carbocycles. The van der Waals surface area contributed by atoms with Crippen LogP contribution < -0.4 is 10.1 Å². The molecule has 0 bridgehead atoms. The van der Waals surface area contributed by atoms with Crippen LogP contribution in [0.1, 0.15) is 49.3 Å². The Bertz CT molecular complexity index is 878. The largest absolute Gasteiger partial charge is 0.494 e. The molecule has 1 aliphatic heterocycles. The summed E-state index contributed by atoms with van der Waals surface area (Å²) in [4.78, 5) is 11.2. The van der Waals surface area contributed by atoms with Gasteiger partial charge in [0.2, 0.25) is 0 Å². The maximum absolute atomic E-state index is 11.5. The molecule has 2 aromatic rings. The predicted octanol–water partition coefficient (Wildman–Crippen LogP) is 5.60. The van der Waals surface area contributed by atoms with Gasteiger partial charge >= 0.3 is 0 Å². The lowest BCUT2D eigenvalue weighted by atomic mass is 9.76. The van der Waals surface area contributed by atoms with E-state index in [1.807, 2.05) is 24.3 Å². The van der Waals surface area contributed by atoms with Crippen molar-refractivity contribution in [3.8, 4) is 5.75 Å². The van der Waals surface area contributed by atoms with Gasteiger partial charge < -0.3 is 10.1 Å². The first kappa shape index (κ1) is 17.6. The minimum Gasteiger partial charge on any atom is -0.494 e. The zero-order chi connectivity index (χ0) is 18.8. The number of benzene rings is 2. The molecular formula is C22H24N2O3. The van der Waals surface area contributed by atoms with Gasteiger partial charge in [-0.15, -0.1) is 0 Å². The number of nitrogens with zero attached hydrogens (tertiary/aromatic N) is 1. The van der Waals surface area contributed by atoms with Crippen molar-refractivity contribution in [1.29, 1.82) is 0 Å². The number of nitro benzene ring substituents is 1. The van der Waals surface area contributed by atoms with E-state index in [1.54, 1.807) is 12.1 Å². The van der Waals surface area contributed by atoms with Crippen LogP contribution in [0.5, 0.6) is 5.75 Å². The Hall–Kier alpha value is -2.82. The molecule has 1 N–H and O–H groups in total. The van der Waals surface area contributed by atoms with E-state index in [4.69, 9.17) is 4.74 Å². The number of nitro groups is 1. The monoisotopic (exact) mass is 364 g/mol. The Morgan fingerprint density at radius 2 is 2.07 bits per heavy atom. The lowest BCUT2D eigenvalue weighted by Crippen LogP contribution is -2.29. The molecule has 3 unspecified atom stereocenters. The molecule has 0 amide bonds. The number of unbranched alkanes of at least 4 members (excludes halogenated alkanes) is 1. The van der Waals surface area contributed by atoms with Gasteiger partial charge in [0.05, 0.1) is 23.1 Å². The molecule has 0 spiro atoms. The van der Waals surface area contributed by atoms with Gasteiger partial charge in [0, 0.05) is 17.7 Å². The highest BCUT2D eigenvalue weighted by atomic mass is 16.6. The van der Waals surface area contributed by atoms with E-state index >= 15 is 0 Å². The topological polar surface area (TPSA) is 64.4 Å². The summed E-state index contributed by atoms with van der Waals surface area (Å²) in [7, 11) is 0. The maximum atomic E-state index is 11.5. The Labute approximate surface area is 159 Å². The summed E-state index contributed by atoms with van der Waals surface area (Å²) in [6, 6.07) is 13.1. The Kier molecular flexibility index (Phi) is 4.84. The fraction of sp³-hybridized carbons (Fsp3) is 0.364. The molecule has 0 saturated heterocycles. The number of hydrogen-bond acceptors (Lipinski definition) is 4. The normalized spacial score (nSPS) is 22.6. The third-order valence-electron chi connectivity index (χ3n) is 5.57. The number of ether oxygens (including phenoxy) is 1. The van der Waals surface area contributed by atoms with E-state index in [-0.39, 0.29) is 28.5 Å². The standard InChI is InChI=1S/C22H24N2O3/c1-2-3-13-27-15-11-12-20-19(14-15)16-8-6-9-17(16)22(23-20)18-7-4-5-10-21(18)24(25)26/h4-8,10-12,14,16-17,22-23H,2-3,9,13H2,1H3. The van der Waals surface area contributed by atoms with Crippen molar-refractivity contribution in [2.75, 3.05) is 11.9 Å². The smallest absolute Gasteiger partial charge is 0.274 e. The molecular weight excluding hydrogens is 340 g/mol. The minimum absolute atomic E-state index is 0.0778. The van der Waals surface area contributed by atoms with Crippen LogP contribution in [0.2, 0.25) is 0 Å². The van der Waals surface area contributed by atoms with Crippen LogP contribution in [0.25, 0.3) is 0 Å². The van der Waals surface area contributed by atoms with Crippen molar-refractivity contribution in [3.63, 3.8) is 0 Å². The second-order valence-corrected chi connectivity index (χ2v) is 7.24. The minimum atomic E-state index is -0.283. The van der Waals surface area contributed by atoms with Crippen LogP contribution in [-0.4, -0.2) is 11.5 Å². The van der Waals surface area contributed by atoms with Gasteiger partial charge in [0.15, 0.2) is 0 Å². The van der Waals surface area contributed by atoms with E-state index in [2.05, 4.69) is 30.5 Å². The summed E-state index contributed by atoms with van der Waals surface area (Å²) < 4.78 is 5.88. The number of hydrogen-bond donors (Lipinski definition) is 1. The molecule has 4 rings (SSSR count). The Morgan fingerprint density at radius 1 is 1.22 bits per heavy atom. The fourth-order valence-electron chi connectivity index (χ4n) is 4.22. The van der Waals surface area contributed by atoms with E-state index in [0.717, 1.165) is 42.9 Å². The molecule has 140 valence electrons. The SMILES string of the molecule is CCCCOc1ccc2c(c1)C1C=CCC1C(c1ccccc1[N+](=O)[O-])N2. The van der Waals surface area contributed by atoms with Crippen LogP contribution in [-0.2, 0) is 0 Å². The molecule has 0 radical (unpaired) electrons. The lowest BCUT2D eigenvalue weighted by Gasteiger charge is -2.37. The molecule has 0 fully saturated rings. The van der Waals surface area contributed by atoms with Crippen LogP contribution in [0.3, 0.4) is 0 Å². The zero-order valence-electron chi connectivity index (χ0n) is 15.4. The fourth-order valence-corrected chi connectivity index (χ4v) is 4.22. The number of anilines is 1. The lowest BCUT2D eigenvalue weighted by molar-refractivity contribution is -0.385. The second-order valence-electron chi connectivity index (χ2n) is 7.24. The number of nitrogens with one attached hydrogen (secondary N) is 1. The first-order valence-electron chi connectivity index (χ1n) is 9.62. The highest BCUT2D eigenvalue weighted by molar-refractivity contribution is 5.63. The molecule has 2 aromatic carbocycles. The number of fused-ring (bicyclic) bond motifs is 3. The third kappa shape index (κ3) is 3.29. The first-order valence-corrected chi connectivity index (χ1v) is 9.62. The quantitative estimate of drug-likeness (QED) is 0.314. The maximum Gasteiger partial charge on any atom is 0.274 e. The summed E-state index contributed by atoms with van der Waals surface area (Å²) in [6.07, 6.45) is 7.49. The van der Waals surface area contributed by atoms with Crippen molar-refractivity contribution in [1.82, 2.24) is 0 Å². The van der Waals surface area contributed by atoms with E-state index in [9.17, 15) is 10.1 Å². The van der Waals surface area contributed by atoms with Gasteiger partial charge in [-0.1, -0.05) is 43.7 Å². The Morgan fingerprint density at radius 3 is 2.89 bits per heavy atom. The van der Waals surface area contributed by atoms with Crippen LogP contribution in [0.4, 0.5) is 11.4 Å². The van der Waals surface area contributed by atoms with E-state index in [1.165, 1.54) is 5.56 Å². The molecule has 0 saturated carbocycles. The average molecular weight is 364 g/mol. The van der Waals surface area contributed by atoms with Crippen LogP contribution in [0.15, 0.2) is 54.6 Å². The van der Waals surface area contributed by atoms with E-state index < -0.39 is 0 Å². The molecule has 5 nitrogen and oxygen atoms in total. The van der Waals surface area contributed by atoms with Gasteiger partial charge in [0.1, 0.15) is 5.75 Å². The van der Waals surface area contributed by atoms with Crippen molar-refractivity contribution >= 4 is 11.4 Å². The van der Waals surface area contributed by atoms with Gasteiger partial charge in [-0.2, -0.15) is 0 Å². The predicted molar refractivity (Wildman–Crippen MR) is 106 cm³/mol. The van der Waals surface area contributed by atoms with Crippen molar-refractivity contribution < 1.29 is 9.66 Å². The van der Waals surface area contributed by atoms with Crippen molar-refractivity contribution in [2.24, 2.45) is 5.92 Å². The zero-order valence-corrected chi connectivity index (χ0v) is 15.4. The molecule has 5 heteroatoms. The first-order chi connectivity index (χ1) is 13.2. The second kappa shape index (κ2) is 7.43. The summed E-state index contributed by atoms with van der Waals surface area (Å²) in [5, 5.41) is 15.1. The average Bonchev–Trinajstić information content (AvgIpc) is 3.18. The van der Waals surface area contributed by atoms with Gasteiger partial charge in [-0.25, -0.2) is 0 Å². The highest BCUT2D eigenvalue weighted by Gasteiger charge is 2.40. The summed E-state index contributed by atoms with van der Waals surface area (Å²) in [6.45, 7) is 2.88. The van der Waals surface area contributed by atoms with Crippen molar-refractivity contribution in [3.05, 3.63) is 75.9 Å². The van der Waals surface area contributed by atoms with Crippen LogP contribution >= 0.6 is 0 Å². The number of allylic oxidation sites excluding steroid dienone is 2. The number of rotatable bonds is 6. The number of para-hydroxylation sites is 1. The van der Waals surface area contributed by atoms with E-state index in [0.29, 0.717) is 0 Å². The Balaban J connectivity index is 1.68. The van der Waals surface area contributed by atoms with Crippen LogP contribution in [0, 0.1) is 16.0 Å². The summed E-state index contributed by atoms with van der Waals surface area (Å²) in [5.74, 6) is 1.41. The molecule has 2 aliphatic rings. The highest BCUT2D eigenvalue weighted by Crippen LogP contribution is 2.51. The van der Waals surface area contributed by atoms with Gasteiger partial charge in [0.25, 0.3) is 5.69 Å². The van der Waals surface area contributed by atoms with Gasteiger partial charge in [-0.3, -0.25) is 10.1 Å².